The van der Waals surface area contributed by atoms with Crippen molar-refractivity contribution in [1.29, 1.82) is 0 Å². The first-order valence-electron chi connectivity index (χ1n) is 7.97. The number of nitrogens with zero attached hydrogens (tertiary/aromatic N) is 3. The van der Waals surface area contributed by atoms with E-state index in [0.29, 0.717) is 26.1 Å². The van der Waals surface area contributed by atoms with E-state index in [4.69, 9.17) is 0 Å². The van der Waals surface area contributed by atoms with Gasteiger partial charge in [0.25, 0.3) is 10.0 Å². The number of sulfonamides is 1. The Balaban J connectivity index is 1.63. The number of amides is 1. The molecule has 0 bridgehead atoms. The average molecular weight is 366 g/mol. The lowest BCUT2D eigenvalue weighted by Gasteiger charge is -2.21. The zero-order valence-corrected chi connectivity index (χ0v) is 14.4. The molecule has 1 fully saturated rings. The third-order valence-electron chi connectivity index (χ3n) is 4.17. The maximum absolute atomic E-state index is 12.9. The maximum Gasteiger partial charge on any atom is 0.260 e. The SMILES string of the molecule is O=C(Cc1ccc(F)cc1)N1CCCN(S(=O)(=O)c2cnc[nH]2)CC1. The van der Waals surface area contributed by atoms with Gasteiger partial charge in [-0.1, -0.05) is 12.1 Å². The lowest BCUT2D eigenvalue weighted by Crippen LogP contribution is -2.38. The lowest BCUT2D eigenvalue weighted by molar-refractivity contribution is -0.130. The third-order valence-corrected chi connectivity index (χ3v) is 5.99. The molecule has 0 saturated carbocycles. The Labute approximate surface area is 145 Å². The Morgan fingerprint density at radius 1 is 1.16 bits per heavy atom. The molecule has 7 nitrogen and oxygen atoms in total. The van der Waals surface area contributed by atoms with Gasteiger partial charge in [0.15, 0.2) is 5.03 Å². The number of hydrogen-bond donors (Lipinski definition) is 1. The van der Waals surface area contributed by atoms with Crippen molar-refractivity contribution < 1.29 is 17.6 Å². The molecule has 1 saturated heterocycles. The predicted molar refractivity (Wildman–Crippen MR) is 88.6 cm³/mol. The van der Waals surface area contributed by atoms with Crippen molar-refractivity contribution in [3.8, 4) is 0 Å². The highest BCUT2D eigenvalue weighted by atomic mass is 32.2. The molecule has 1 N–H and O–H groups in total. The van der Waals surface area contributed by atoms with Crippen LogP contribution in [0, 0.1) is 5.82 Å². The van der Waals surface area contributed by atoms with Crippen LogP contribution in [0.5, 0.6) is 0 Å². The number of benzene rings is 1. The van der Waals surface area contributed by atoms with Gasteiger partial charge in [-0.2, -0.15) is 4.31 Å². The highest BCUT2D eigenvalue weighted by Gasteiger charge is 2.29. The fraction of sp³-hybridized carbons (Fsp3) is 0.375. The van der Waals surface area contributed by atoms with E-state index in [0.717, 1.165) is 5.56 Å². The molecule has 9 heteroatoms. The van der Waals surface area contributed by atoms with Crippen molar-refractivity contribution in [2.24, 2.45) is 0 Å². The summed E-state index contributed by atoms with van der Waals surface area (Å²) in [4.78, 5) is 20.5. The first-order valence-corrected chi connectivity index (χ1v) is 9.41. The Bertz CT molecular complexity index is 822. The summed E-state index contributed by atoms with van der Waals surface area (Å²) in [5.41, 5.74) is 0.734. The van der Waals surface area contributed by atoms with Gasteiger partial charge in [0.2, 0.25) is 5.91 Å². The molecule has 0 atom stereocenters. The maximum atomic E-state index is 12.9. The molecule has 2 aromatic rings. The number of hydrogen-bond acceptors (Lipinski definition) is 4. The summed E-state index contributed by atoms with van der Waals surface area (Å²) in [5.74, 6) is -0.432. The molecule has 2 heterocycles. The van der Waals surface area contributed by atoms with Crippen LogP contribution in [-0.4, -0.2) is 59.7 Å². The molecule has 1 aliphatic rings. The van der Waals surface area contributed by atoms with Gasteiger partial charge in [-0.15, -0.1) is 0 Å². The van der Waals surface area contributed by atoms with Crippen LogP contribution >= 0.6 is 0 Å². The number of aromatic nitrogens is 2. The molecule has 1 aliphatic heterocycles. The summed E-state index contributed by atoms with van der Waals surface area (Å²) in [6.45, 7) is 1.40. The second-order valence-electron chi connectivity index (χ2n) is 5.86. The van der Waals surface area contributed by atoms with Gasteiger partial charge in [0.05, 0.1) is 18.9 Å². The minimum absolute atomic E-state index is 0.0542. The molecule has 0 radical (unpaired) electrons. The van der Waals surface area contributed by atoms with E-state index in [1.807, 2.05) is 0 Å². The Kier molecular flexibility index (Phi) is 5.14. The highest BCUT2D eigenvalue weighted by molar-refractivity contribution is 7.89. The molecule has 0 unspecified atom stereocenters. The van der Waals surface area contributed by atoms with Gasteiger partial charge < -0.3 is 9.88 Å². The summed E-state index contributed by atoms with van der Waals surface area (Å²) in [7, 11) is -3.62. The molecular weight excluding hydrogens is 347 g/mol. The van der Waals surface area contributed by atoms with Crippen LogP contribution in [0.1, 0.15) is 12.0 Å². The van der Waals surface area contributed by atoms with E-state index in [1.54, 1.807) is 17.0 Å². The van der Waals surface area contributed by atoms with Crippen LogP contribution in [0.4, 0.5) is 4.39 Å². The van der Waals surface area contributed by atoms with Crippen LogP contribution in [0.15, 0.2) is 41.8 Å². The largest absolute Gasteiger partial charge is 0.341 e. The summed E-state index contributed by atoms with van der Waals surface area (Å²) in [5, 5.41) is 0.0542. The van der Waals surface area contributed by atoms with Crippen molar-refractivity contribution in [2.75, 3.05) is 26.2 Å². The number of H-pyrrole nitrogens is 1. The van der Waals surface area contributed by atoms with Crippen molar-refractivity contribution in [1.82, 2.24) is 19.2 Å². The van der Waals surface area contributed by atoms with Crippen LogP contribution in [0.2, 0.25) is 0 Å². The zero-order chi connectivity index (χ0) is 17.9. The van der Waals surface area contributed by atoms with E-state index in [1.165, 1.54) is 29.0 Å². The Morgan fingerprint density at radius 2 is 1.92 bits per heavy atom. The van der Waals surface area contributed by atoms with Gasteiger partial charge >= 0.3 is 0 Å². The minimum atomic E-state index is -3.62. The van der Waals surface area contributed by atoms with Crippen molar-refractivity contribution in [3.05, 3.63) is 48.2 Å². The predicted octanol–water partition coefficient (Wildman–Crippen LogP) is 1.01. The van der Waals surface area contributed by atoms with Gasteiger partial charge in [-0.3, -0.25) is 4.79 Å². The lowest BCUT2D eigenvalue weighted by atomic mass is 10.1. The van der Waals surface area contributed by atoms with Crippen molar-refractivity contribution in [2.45, 2.75) is 17.9 Å². The van der Waals surface area contributed by atoms with Crippen LogP contribution in [0.3, 0.4) is 0 Å². The number of nitrogens with one attached hydrogen (secondary N) is 1. The Morgan fingerprint density at radius 3 is 2.60 bits per heavy atom. The van der Waals surface area contributed by atoms with Gasteiger partial charge in [-0.05, 0) is 24.1 Å². The topological polar surface area (TPSA) is 86.4 Å². The number of rotatable bonds is 4. The van der Waals surface area contributed by atoms with Crippen LogP contribution in [0.25, 0.3) is 0 Å². The normalized spacial score (nSPS) is 16.6. The molecule has 1 aromatic heterocycles. The number of carbonyl (C=O) groups excluding carboxylic acids is 1. The van der Waals surface area contributed by atoms with E-state index in [9.17, 15) is 17.6 Å². The molecule has 0 aliphatic carbocycles. The molecule has 1 amide bonds. The molecular formula is C16H19FN4O3S. The fourth-order valence-electron chi connectivity index (χ4n) is 2.80. The second-order valence-corrected chi connectivity index (χ2v) is 7.76. The molecule has 1 aromatic carbocycles. The van der Waals surface area contributed by atoms with E-state index >= 15 is 0 Å². The van der Waals surface area contributed by atoms with Gasteiger partial charge in [0, 0.05) is 26.2 Å². The molecule has 3 rings (SSSR count). The second kappa shape index (κ2) is 7.32. The molecule has 25 heavy (non-hydrogen) atoms. The fourth-order valence-corrected chi connectivity index (χ4v) is 4.16. The number of aromatic amines is 1. The summed E-state index contributed by atoms with van der Waals surface area (Å²) in [6.07, 6.45) is 3.33. The number of halogens is 1. The summed E-state index contributed by atoms with van der Waals surface area (Å²) < 4.78 is 39.3. The third kappa shape index (κ3) is 4.05. The van der Waals surface area contributed by atoms with Crippen molar-refractivity contribution in [3.63, 3.8) is 0 Å². The van der Waals surface area contributed by atoms with E-state index in [2.05, 4.69) is 9.97 Å². The smallest absolute Gasteiger partial charge is 0.260 e. The minimum Gasteiger partial charge on any atom is -0.341 e. The highest BCUT2D eigenvalue weighted by Crippen LogP contribution is 2.16. The molecule has 134 valence electrons. The Hall–Kier alpha value is -2.26. The quantitative estimate of drug-likeness (QED) is 0.875. The standard InChI is InChI=1S/C16H19FN4O3S/c17-14-4-2-13(3-5-14)10-16(22)20-6-1-7-21(9-8-20)25(23,24)15-11-18-12-19-15/h2-5,11-12H,1,6-10H2,(H,18,19). The monoisotopic (exact) mass is 366 g/mol. The van der Waals surface area contributed by atoms with E-state index in [-0.39, 0.29) is 29.7 Å². The van der Waals surface area contributed by atoms with E-state index < -0.39 is 10.0 Å². The first-order chi connectivity index (χ1) is 12.0. The van der Waals surface area contributed by atoms with Gasteiger partial charge in [-0.25, -0.2) is 17.8 Å². The van der Waals surface area contributed by atoms with Crippen LogP contribution < -0.4 is 0 Å². The first kappa shape index (κ1) is 17.6. The van der Waals surface area contributed by atoms with Gasteiger partial charge in [0.1, 0.15) is 5.82 Å². The summed E-state index contributed by atoms with van der Waals surface area (Å²) in [6, 6.07) is 5.81. The molecule has 0 spiro atoms. The average Bonchev–Trinajstić information content (AvgIpc) is 3.02. The summed E-state index contributed by atoms with van der Waals surface area (Å²) >= 11 is 0. The number of carbonyl (C=O) groups is 1. The zero-order valence-electron chi connectivity index (χ0n) is 13.6. The van der Waals surface area contributed by atoms with Crippen molar-refractivity contribution >= 4 is 15.9 Å². The number of imidazole rings is 1. The van der Waals surface area contributed by atoms with Crippen LogP contribution in [-0.2, 0) is 21.2 Å².